The van der Waals surface area contributed by atoms with E-state index in [0.717, 1.165) is 0 Å². The molecule has 9 heteroatoms. The predicted octanol–water partition coefficient (Wildman–Crippen LogP) is 3.17. The molecule has 1 heterocycles. The molecule has 0 radical (unpaired) electrons. The Labute approximate surface area is 152 Å². The molecule has 0 unspecified atom stereocenters. The standard InChI is InChI=1S/C18H14F2N4O3/c1-26-16-8-6-12(9-17(16)27-18(19)20)5-7-15(25)13-3-2-4-14(10-13)24-11-21-22-23-24/h2-11,18H,1H3/b7-5+. The van der Waals surface area contributed by atoms with Gasteiger partial charge in [-0.25, -0.2) is 4.68 Å². The number of halogens is 2. The van der Waals surface area contributed by atoms with Gasteiger partial charge in [-0.05, 0) is 46.3 Å². The molecule has 0 aliphatic rings. The minimum Gasteiger partial charge on any atom is -0.493 e. The van der Waals surface area contributed by atoms with Crippen molar-refractivity contribution >= 4 is 11.9 Å². The van der Waals surface area contributed by atoms with Gasteiger partial charge in [0.2, 0.25) is 0 Å². The summed E-state index contributed by atoms with van der Waals surface area (Å²) in [6.45, 7) is -2.98. The first-order chi connectivity index (χ1) is 13.1. The number of ketones is 1. The summed E-state index contributed by atoms with van der Waals surface area (Å²) in [6.07, 6.45) is 4.26. The fourth-order valence-corrected chi connectivity index (χ4v) is 2.33. The van der Waals surface area contributed by atoms with Gasteiger partial charge in [0.05, 0.1) is 12.8 Å². The van der Waals surface area contributed by atoms with Gasteiger partial charge in [-0.2, -0.15) is 8.78 Å². The van der Waals surface area contributed by atoms with Crippen molar-refractivity contribution in [3.63, 3.8) is 0 Å². The number of hydrogen-bond acceptors (Lipinski definition) is 6. The Balaban J connectivity index is 1.80. The molecule has 0 amide bonds. The summed E-state index contributed by atoms with van der Waals surface area (Å²) >= 11 is 0. The van der Waals surface area contributed by atoms with Crippen LogP contribution in [0.2, 0.25) is 0 Å². The van der Waals surface area contributed by atoms with Crippen molar-refractivity contribution in [3.8, 4) is 17.2 Å². The van der Waals surface area contributed by atoms with Crippen molar-refractivity contribution in [2.75, 3.05) is 7.11 Å². The van der Waals surface area contributed by atoms with Crippen LogP contribution in [-0.4, -0.2) is 39.7 Å². The Kier molecular flexibility index (Phi) is 5.50. The van der Waals surface area contributed by atoms with Crippen molar-refractivity contribution in [2.24, 2.45) is 0 Å². The second kappa shape index (κ2) is 8.17. The van der Waals surface area contributed by atoms with Crippen LogP contribution in [-0.2, 0) is 0 Å². The molecule has 0 N–H and O–H groups in total. The molecule has 3 aromatic rings. The van der Waals surface area contributed by atoms with E-state index in [1.165, 1.54) is 42.4 Å². The fraction of sp³-hybridized carbons (Fsp3) is 0.111. The van der Waals surface area contributed by atoms with Gasteiger partial charge < -0.3 is 9.47 Å². The minimum absolute atomic E-state index is 0.109. The molecule has 0 bridgehead atoms. The van der Waals surface area contributed by atoms with E-state index in [4.69, 9.17) is 4.74 Å². The van der Waals surface area contributed by atoms with Gasteiger partial charge in [-0.15, -0.1) is 5.10 Å². The molecule has 0 saturated heterocycles. The van der Waals surface area contributed by atoms with Gasteiger partial charge >= 0.3 is 6.61 Å². The third kappa shape index (κ3) is 4.51. The zero-order valence-corrected chi connectivity index (χ0v) is 14.1. The molecule has 1 aromatic heterocycles. The number of methoxy groups -OCH3 is 1. The fourth-order valence-electron chi connectivity index (χ4n) is 2.33. The van der Waals surface area contributed by atoms with Crippen LogP contribution in [0.3, 0.4) is 0 Å². The summed E-state index contributed by atoms with van der Waals surface area (Å²) in [5.74, 6) is -0.201. The van der Waals surface area contributed by atoms with Gasteiger partial charge in [0, 0.05) is 5.56 Å². The largest absolute Gasteiger partial charge is 0.493 e. The van der Waals surface area contributed by atoms with Crippen LogP contribution in [0.25, 0.3) is 11.8 Å². The highest BCUT2D eigenvalue weighted by Crippen LogP contribution is 2.30. The van der Waals surface area contributed by atoms with E-state index in [1.807, 2.05) is 0 Å². The number of tetrazole rings is 1. The van der Waals surface area contributed by atoms with E-state index in [2.05, 4.69) is 20.3 Å². The van der Waals surface area contributed by atoms with E-state index in [-0.39, 0.29) is 17.3 Å². The second-order valence-electron chi connectivity index (χ2n) is 5.29. The molecule has 7 nitrogen and oxygen atoms in total. The number of ether oxygens (including phenoxy) is 2. The zero-order valence-electron chi connectivity index (χ0n) is 14.1. The molecule has 138 valence electrons. The van der Waals surface area contributed by atoms with Crippen LogP contribution in [0.15, 0.2) is 54.9 Å². The quantitative estimate of drug-likeness (QED) is 0.468. The molecular formula is C18H14F2N4O3. The molecule has 0 aliphatic carbocycles. The van der Waals surface area contributed by atoms with Crippen molar-refractivity contribution in [1.82, 2.24) is 20.2 Å². The van der Waals surface area contributed by atoms with Crippen LogP contribution in [0.1, 0.15) is 15.9 Å². The van der Waals surface area contributed by atoms with Gasteiger partial charge in [0.1, 0.15) is 6.33 Å². The topological polar surface area (TPSA) is 79.1 Å². The number of aromatic nitrogens is 4. The van der Waals surface area contributed by atoms with Crippen LogP contribution < -0.4 is 9.47 Å². The Morgan fingerprint density at radius 1 is 1.19 bits per heavy atom. The maximum Gasteiger partial charge on any atom is 0.387 e. The number of rotatable bonds is 7. The lowest BCUT2D eigenvalue weighted by Crippen LogP contribution is -2.03. The summed E-state index contributed by atoms with van der Waals surface area (Å²) in [6, 6.07) is 11.2. The first kappa shape index (κ1) is 18.2. The van der Waals surface area contributed by atoms with Crippen LogP contribution >= 0.6 is 0 Å². The van der Waals surface area contributed by atoms with Crippen molar-refractivity contribution in [1.29, 1.82) is 0 Å². The lowest BCUT2D eigenvalue weighted by atomic mass is 10.1. The minimum atomic E-state index is -2.98. The smallest absolute Gasteiger partial charge is 0.387 e. The predicted molar refractivity (Wildman–Crippen MR) is 92.1 cm³/mol. The molecule has 2 aromatic carbocycles. The van der Waals surface area contributed by atoms with Crippen molar-refractivity contribution < 1.29 is 23.0 Å². The third-order valence-corrected chi connectivity index (χ3v) is 3.58. The van der Waals surface area contributed by atoms with Crippen molar-refractivity contribution in [3.05, 3.63) is 66.0 Å². The maximum atomic E-state index is 12.5. The monoisotopic (exact) mass is 372 g/mol. The van der Waals surface area contributed by atoms with E-state index in [0.29, 0.717) is 16.8 Å². The van der Waals surface area contributed by atoms with Crippen LogP contribution in [0, 0.1) is 0 Å². The van der Waals surface area contributed by atoms with E-state index in [9.17, 15) is 13.6 Å². The van der Waals surface area contributed by atoms with Crippen LogP contribution in [0.5, 0.6) is 11.5 Å². The Morgan fingerprint density at radius 3 is 2.74 bits per heavy atom. The Hall–Kier alpha value is -3.62. The number of benzene rings is 2. The van der Waals surface area contributed by atoms with Gasteiger partial charge in [0.15, 0.2) is 17.3 Å². The molecule has 0 saturated carbocycles. The molecule has 3 rings (SSSR count). The van der Waals surface area contributed by atoms with E-state index < -0.39 is 6.61 Å². The molecule has 0 spiro atoms. The summed E-state index contributed by atoms with van der Waals surface area (Å²) in [5, 5.41) is 10.9. The average molecular weight is 372 g/mol. The third-order valence-electron chi connectivity index (χ3n) is 3.58. The highest BCUT2D eigenvalue weighted by molar-refractivity contribution is 6.07. The summed E-state index contributed by atoms with van der Waals surface area (Å²) in [5.41, 5.74) is 1.57. The van der Waals surface area contributed by atoms with Crippen molar-refractivity contribution in [2.45, 2.75) is 6.61 Å². The van der Waals surface area contributed by atoms with Gasteiger partial charge in [0.25, 0.3) is 0 Å². The maximum absolute atomic E-state index is 12.5. The van der Waals surface area contributed by atoms with E-state index in [1.54, 1.807) is 30.3 Å². The Morgan fingerprint density at radius 2 is 2.04 bits per heavy atom. The lowest BCUT2D eigenvalue weighted by Gasteiger charge is -2.10. The number of nitrogens with zero attached hydrogens (tertiary/aromatic N) is 4. The number of carbonyl (C=O) groups excluding carboxylic acids is 1. The van der Waals surface area contributed by atoms with Crippen LogP contribution in [0.4, 0.5) is 8.78 Å². The summed E-state index contributed by atoms with van der Waals surface area (Å²) in [7, 11) is 1.35. The van der Waals surface area contributed by atoms with E-state index >= 15 is 0 Å². The second-order valence-corrected chi connectivity index (χ2v) is 5.29. The normalized spacial score (nSPS) is 11.1. The average Bonchev–Trinajstić information content (AvgIpc) is 3.21. The number of allylic oxidation sites excluding steroid dienone is 1. The van der Waals surface area contributed by atoms with Gasteiger partial charge in [-0.1, -0.05) is 24.3 Å². The molecule has 0 fully saturated rings. The first-order valence-electron chi connectivity index (χ1n) is 7.75. The number of hydrogen-bond donors (Lipinski definition) is 0. The zero-order chi connectivity index (χ0) is 19.2. The lowest BCUT2D eigenvalue weighted by molar-refractivity contribution is -0.0512. The molecular weight excluding hydrogens is 358 g/mol. The summed E-state index contributed by atoms with van der Waals surface area (Å²) in [4.78, 5) is 12.4. The molecule has 27 heavy (non-hydrogen) atoms. The highest BCUT2D eigenvalue weighted by Gasteiger charge is 2.11. The SMILES string of the molecule is COc1ccc(/C=C/C(=O)c2cccc(-n3cnnn3)c2)cc1OC(F)F. The summed E-state index contributed by atoms with van der Waals surface area (Å²) < 4.78 is 35.8. The number of carbonyl (C=O) groups is 1. The highest BCUT2D eigenvalue weighted by atomic mass is 19.3. The molecule has 0 atom stereocenters. The van der Waals surface area contributed by atoms with Gasteiger partial charge in [-0.3, -0.25) is 4.79 Å². The molecule has 0 aliphatic heterocycles. The number of alkyl halides is 2. The Bertz CT molecular complexity index is 959. The first-order valence-corrected chi connectivity index (χ1v) is 7.75.